The van der Waals surface area contributed by atoms with Gasteiger partial charge in [0.2, 0.25) is 0 Å². The van der Waals surface area contributed by atoms with E-state index in [1.807, 2.05) is 0 Å². The van der Waals surface area contributed by atoms with E-state index in [2.05, 4.69) is 5.32 Å². The lowest BCUT2D eigenvalue weighted by Crippen LogP contribution is -2.31. The predicted octanol–water partition coefficient (Wildman–Crippen LogP) is 0.468. The van der Waals surface area contributed by atoms with Crippen molar-refractivity contribution in [3.8, 4) is 5.75 Å². The highest BCUT2D eigenvalue weighted by Crippen LogP contribution is 2.19. The van der Waals surface area contributed by atoms with Gasteiger partial charge in [-0.15, -0.1) is 0 Å². The molecule has 6 heteroatoms. The molecule has 0 saturated heterocycles. The van der Waals surface area contributed by atoms with Gasteiger partial charge in [0, 0.05) is 13.7 Å². The van der Waals surface area contributed by atoms with Gasteiger partial charge in [-0.1, -0.05) is 0 Å². The molecule has 5 nitrogen and oxygen atoms in total. The smallest absolute Gasteiger partial charge is 0.258 e. The third kappa shape index (κ3) is 5.67. The van der Waals surface area contributed by atoms with Crippen LogP contribution >= 0.6 is 0 Å². The van der Waals surface area contributed by atoms with E-state index in [1.165, 1.54) is 18.2 Å². The van der Waals surface area contributed by atoms with Gasteiger partial charge in [0.15, 0.2) is 6.61 Å². The quantitative estimate of drug-likeness (QED) is 0.673. The van der Waals surface area contributed by atoms with E-state index in [-0.39, 0.29) is 18.3 Å². The van der Waals surface area contributed by atoms with Gasteiger partial charge in [-0.05, 0) is 36.7 Å². The zero-order valence-electron chi connectivity index (χ0n) is 10.9. The molecule has 0 unspecified atom stereocenters. The second kappa shape index (κ2) is 8.44. The second-order valence-corrected chi connectivity index (χ2v) is 3.92. The van der Waals surface area contributed by atoms with Crippen molar-refractivity contribution in [2.24, 2.45) is 5.73 Å². The molecule has 0 aliphatic rings. The summed E-state index contributed by atoms with van der Waals surface area (Å²) >= 11 is 0. The van der Waals surface area contributed by atoms with Gasteiger partial charge in [0.25, 0.3) is 5.91 Å². The summed E-state index contributed by atoms with van der Waals surface area (Å²) in [6.45, 7) is 1.14. The zero-order chi connectivity index (χ0) is 14.1. The Morgan fingerprint density at radius 3 is 2.95 bits per heavy atom. The molecule has 0 fully saturated rings. The Labute approximate surface area is 111 Å². The van der Waals surface area contributed by atoms with Crippen LogP contribution < -0.4 is 15.8 Å². The zero-order valence-corrected chi connectivity index (χ0v) is 10.9. The van der Waals surface area contributed by atoms with Crippen LogP contribution in [0.2, 0.25) is 0 Å². The van der Waals surface area contributed by atoms with Crippen molar-refractivity contribution >= 4 is 5.91 Å². The van der Waals surface area contributed by atoms with Crippen LogP contribution in [-0.4, -0.2) is 39.3 Å². The molecule has 0 atom stereocenters. The van der Waals surface area contributed by atoms with Crippen molar-refractivity contribution in [1.29, 1.82) is 0 Å². The summed E-state index contributed by atoms with van der Waals surface area (Å²) in [6, 6.07) is 4.16. The summed E-state index contributed by atoms with van der Waals surface area (Å²) in [5.74, 6) is -0.117. The van der Waals surface area contributed by atoms with E-state index >= 15 is 0 Å². The van der Waals surface area contributed by atoms with Crippen LogP contribution in [0.1, 0.15) is 5.56 Å². The molecule has 1 amide bonds. The second-order valence-electron chi connectivity index (χ2n) is 3.92. The molecular weight excluding hydrogens is 251 g/mol. The molecule has 0 saturated carbocycles. The number of nitrogens with one attached hydrogen (secondary N) is 1. The maximum absolute atomic E-state index is 13.1. The summed E-state index contributed by atoms with van der Waals surface area (Å²) < 4.78 is 23.3. The average molecular weight is 270 g/mol. The molecule has 0 aliphatic heterocycles. The molecule has 0 bridgehead atoms. The molecule has 106 valence electrons. The number of nitrogens with two attached hydrogens (primary N) is 1. The number of amides is 1. The average Bonchev–Trinajstić information content (AvgIpc) is 2.38. The van der Waals surface area contributed by atoms with Crippen molar-refractivity contribution in [1.82, 2.24) is 5.32 Å². The molecule has 1 rings (SSSR count). The molecule has 19 heavy (non-hydrogen) atoms. The van der Waals surface area contributed by atoms with Crippen LogP contribution in [0, 0.1) is 5.82 Å². The van der Waals surface area contributed by atoms with Crippen molar-refractivity contribution in [3.05, 3.63) is 29.6 Å². The van der Waals surface area contributed by atoms with Gasteiger partial charge in [-0.25, -0.2) is 4.39 Å². The van der Waals surface area contributed by atoms with Crippen molar-refractivity contribution < 1.29 is 18.7 Å². The highest BCUT2D eigenvalue weighted by molar-refractivity contribution is 5.77. The molecule has 1 aromatic carbocycles. The molecule has 0 aliphatic carbocycles. The fourth-order valence-corrected chi connectivity index (χ4v) is 1.53. The number of rotatable bonds is 8. The Morgan fingerprint density at radius 2 is 2.26 bits per heavy atom. The fourth-order valence-electron chi connectivity index (χ4n) is 1.53. The number of hydrogen-bond acceptors (Lipinski definition) is 4. The predicted molar refractivity (Wildman–Crippen MR) is 69.5 cm³/mol. The monoisotopic (exact) mass is 270 g/mol. The third-order valence-corrected chi connectivity index (χ3v) is 2.42. The Bertz CT molecular complexity index is 413. The first-order chi connectivity index (χ1) is 9.17. The highest BCUT2D eigenvalue weighted by atomic mass is 19.1. The molecule has 0 aromatic heterocycles. The van der Waals surface area contributed by atoms with Crippen LogP contribution in [0.15, 0.2) is 18.2 Å². The standard InChI is InChI=1S/C13H19FN2O3/c1-18-7-6-16-13(17)9-19-12-3-2-11(14)8-10(12)4-5-15/h2-3,8H,4-7,9,15H2,1H3,(H,16,17). The Kier molecular flexibility index (Phi) is 6.84. The van der Waals surface area contributed by atoms with Gasteiger partial charge in [-0.2, -0.15) is 0 Å². The van der Waals surface area contributed by atoms with E-state index in [1.54, 1.807) is 7.11 Å². The molecule has 0 radical (unpaired) electrons. The minimum absolute atomic E-state index is 0.118. The van der Waals surface area contributed by atoms with Gasteiger partial charge < -0.3 is 20.5 Å². The molecule has 3 N–H and O–H groups in total. The van der Waals surface area contributed by atoms with E-state index in [9.17, 15) is 9.18 Å². The highest BCUT2D eigenvalue weighted by Gasteiger charge is 2.07. The van der Waals surface area contributed by atoms with Gasteiger partial charge in [-0.3, -0.25) is 4.79 Å². The number of methoxy groups -OCH3 is 1. The Balaban J connectivity index is 2.50. The molecule has 1 aromatic rings. The summed E-state index contributed by atoms with van der Waals surface area (Å²) in [5.41, 5.74) is 6.10. The van der Waals surface area contributed by atoms with Gasteiger partial charge in [0.1, 0.15) is 11.6 Å². The van der Waals surface area contributed by atoms with E-state index in [0.717, 1.165) is 0 Å². The number of carbonyl (C=O) groups is 1. The minimum Gasteiger partial charge on any atom is -0.483 e. The summed E-state index contributed by atoms with van der Waals surface area (Å²) in [6.07, 6.45) is 0.498. The molecule has 0 heterocycles. The summed E-state index contributed by atoms with van der Waals surface area (Å²) in [7, 11) is 1.56. The van der Waals surface area contributed by atoms with E-state index in [0.29, 0.717) is 37.4 Å². The topological polar surface area (TPSA) is 73.6 Å². The Hall–Kier alpha value is -1.66. The van der Waals surface area contributed by atoms with Crippen LogP contribution in [0.5, 0.6) is 5.75 Å². The molecular formula is C13H19FN2O3. The maximum Gasteiger partial charge on any atom is 0.258 e. The van der Waals surface area contributed by atoms with E-state index < -0.39 is 0 Å². The number of ether oxygens (including phenoxy) is 2. The van der Waals surface area contributed by atoms with Crippen LogP contribution in [-0.2, 0) is 16.0 Å². The first-order valence-corrected chi connectivity index (χ1v) is 6.04. The third-order valence-electron chi connectivity index (χ3n) is 2.42. The summed E-state index contributed by atoms with van der Waals surface area (Å²) in [4.78, 5) is 11.4. The lowest BCUT2D eigenvalue weighted by atomic mass is 10.1. The van der Waals surface area contributed by atoms with Crippen molar-refractivity contribution in [2.45, 2.75) is 6.42 Å². The first kappa shape index (κ1) is 15.4. The number of carbonyl (C=O) groups excluding carboxylic acids is 1. The normalized spacial score (nSPS) is 10.3. The van der Waals surface area contributed by atoms with Gasteiger partial charge >= 0.3 is 0 Å². The maximum atomic E-state index is 13.1. The SMILES string of the molecule is COCCNC(=O)COc1ccc(F)cc1CCN. The number of benzene rings is 1. The van der Waals surface area contributed by atoms with Crippen molar-refractivity contribution in [2.75, 3.05) is 33.4 Å². The lowest BCUT2D eigenvalue weighted by molar-refractivity contribution is -0.123. The largest absolute Gasteiger partial charge is 0.483 e. The van der Waals surface area contributed by atoms with Crippen molar-refractivity contribution in [3.63, 3.8) is 0 Å². The number of hydrogen-bond donors (Lipinski definition) is 2. The first-order valence-electron chi connectivity index (χ1n) is 6.04. The fraction of sp³-hybridized carbons (Fsp3) is 0.462. The summed E-state index contributed by atoms with van der Waals surface area (Å²) in [5, 5.41) is 2.63. The van der Waals surface area contributed by atoms with Crippen LogP contribution in [0.4, 0.5) is 4.39 Å². The molecule has 0 spiro atoms. The minimum atomic E-state index is -0.347. The lowest BCUT2D eigenvalue weighted by Gasteiger charge is -2.11. The van der Waals surface area contributed by atoms with Crippen LogP contribution in [0.25, 0.3) is 0 Å². The van der Waals surface area contributed by atoms with E-state index in [4.69, 9.17) is 15.2 Å². The Morgan fingerprint density at radius 1 is 1.47 bits per heavy atom. The van der Waals surface area contributed by atoms with Gasteiger partial charge in [0.05, 0.1) is 6.61 Å². The number of halogens is 1. The van der Waals surface area contributed by atoms with Crippen LogP contribution in [0.3, 0.4) is 0 Å².